The summed E-state index contributed by atoms with van der Waals surface area (Å²) in [7, 11) is 0. The van der Waals surface area contributed by atoms with E-state index < -0.39 is 0 Å². The summed E-state index contributed by atoms with van der Waals surface area (Å²) in [6, 6.07) is 7.68. The fourth-order valence-corrected chi connectivity index (χ4v) is 4.88. The highest BCUT2D eigenvalue weighted by molar-refractivity contribution is 7.99. The summed E-state index contributed by atoms with van der Waals surface area (Å²) in [4.78, 5) is 4.24. The second-order valence-corrected chi connectivity index (χ2v) is 6.75. The molecule has 3 heteroatoms. The second kappa shape index (κ2) is 4.46. The van der Waals surface area contributed by atoms with Gasteiger partial charge in [-0.2, -0.15) is 0 Å². The lowest BCUT2D eigenvalue weighted by molar-refractivity contribution is 0.513. The number of rotatable bonds is 0. The van der Waals surface area contributed by atoms with E-state index in [1.807, 2.05) is 0 Å². The smallest absolute Gasteiger partial charge is 0.0543 e. The molecule has 0 bridgehead atoms. The largest absolute Gasteiger partial charge is 0.365 e. The van der Waals surface area contributed by atoms with Crippen LogP contribution in [-0.4, -0.2) is 31.4 Å². The van der Waals surface area contributed by atoms with Crippen LogP contribution >= 0.6 is 11.8 Å². The molecule has 1 aromatic rings. The summed E-state index contributed by atoms with van der Waals surface area (Å²) in [5.41, 5.74) is 3.22. The van der Waals surface area contributed by atoms with Gasteiger partial charge in [0.25, 0.3) is 0 Å². The van der Waals surface area contributed by atoms with Crippen LogP contribution in [0.25, 0.3) is 0 Å². The number of para-hydroxylation sites is 1. The molecule has 0 saturated carbocycles. The van der Waals surface area contributed by atoms with Crippen LogP contribution < -0.4 is 10.2 Å². The molecule has 1 fully saturated rings. The van der Waals surface area contributed by atoms with Gasteiger partial charge in [-0.05, 0) is 43.2 Å². The first kappa shape index (κ1) is 11.2. The van der Waals surface area contributed by atoms with Crippen LogP contribution in [0.15, 0.2) is 23.1 Å². The molecule has 2 unspecified atom stereocenters. The van der Waals surface area contributed by atoms with Crippen molar-refractivity contribution in [2.45, 2.75) is 36.1 Å². The maximum Gasteiger partial charge on any atom is 0.0543 e. The van der Waals surface area contributed by atoms with E-state index in [4.69, 9.17) is 0 Å². The number of benzene rings is 1. The van der Waals surface area contributed by atoms with E-state index in [0.717, 1.165) is 5.92 Å². The zero-order valence-corrected chi connectivity index (χ0v) is 11.5. The molecule has 0 radical (unpaired) electrons. The molecule has 1 saturated heterocycles. The van der Waals surface area contributed by atoms with Gasteiger partial charge in [-0.3, -0.25) is 0 Å². The lowest BCUT2D eigenvalue weighted by Gasteiger charge is -2.29. The Hall–Kier alpha value is -0.670. The maximum atomic E-state index is 3.63. The van der Waals surface area contributed by atoms with Gasteiger partial charge < -0.3 is 10.2 Å². The number of thioether (sulfide) groups is 1. The Kier molecular flexibility index (Phi) is 2.77. The summed E-state index contributed by atoms with van der Waals surface area (Å²) >= 11 is 2.06. The molecule has 18 heavy (non-hydrogen) atoms. The Morgan fingerprint density at radius 1 is 1.28 bits per heavy atom. The van der Waals surface area contributed by atoms with Gasteiger partial charge in [0.2, 0.25) is 0 Å². The van der Waals surface area contributed by atoms with Crippen molar-refractivity contribution >= 4 is 17.4 Å². The molecule has 0 aromatic heterocycles. The molecule has 0 aliphatic carbocycles. The monoisotopic (exact) mass is 260 g/mol. The predicted molar refractivity (Wildman–Crippen MR) is 77.8 cm³/mol. The minimum atomic E-state index is 0.711. The van der Waals surface area contributed by atoms with E-state index >= 15 is 0 Å². The van der Waals surface area contributed by atoms with Crippen LogP contribution in [0.3, 0.4) is 0 Å². The third-order valence-corrected chi connectivity index (χ3v) is 5.74. The Labute approximate surface area is 113 Å². The van der Waals surface area contributed by atoms with Crippen LogP contribution in [0.4, 0.5) is 5.69 Å². The van der Waals surface area contributed by atoms with Crippen LogP contribution in [-0.2, 0) is 0 Å². The SMILES string of the molecule is c1cc2c3c(c1)C1CCCNCC1N3CCCS2. The highest BCUT2D eigenvalue weighted by Gasteiger charge is 2.40. The van der Waals surface area contributed by atoms with Gasteiger partial charge in [0, 0.05) is 29.9 Å². The Bertz CT molecular complexity index is 460. The quantitative estimate of drug-likeness (QED) is 0.772. The van der Waals surface area contributed by atoms with Crippen molar-refractivity contribution in [2.75, 3.05) is 30.3 Å². The highest BCUT2D eigenvalue weighted by Crippen LogP contribution is 2.49. The molecule has 0 spiro atoms. The van der Waals surface area contributed by atoms with Crippen LogP contribution in [0.1, 0.15) is 30.7 Å². The van der Waals surface area contributed by atoms with Crippen LogP contribution in [0.5, 0.6) is 0 Å². The van der Waals surface area contributed by atoms with Crippen molar-refractivity contribution in [3.05, 3.63) is 23.8 Å². The van der Waals surface area contributed by atoms with Crippen LogP contribution in [0.2, 0.25) is 0 Å². The van der Waals surface area contributed by atoms with Crippen molar-refractivity contribution in [1.29, 1.82) is 0 Å². The van der Waals surface area contributed by atoms with Gasteiger partial charge in [-0.1, -0.05) is 12.1 Å². The van der Waals surface area contributed by atoms with E-state index in [2.05, 4.69) is 40.2 Å². The molecule has 0 amide bonds. The summed E-state index contributed by atoms with van der Waals surface area (Å²) in [5.74, 6) is 2.05. The summed E-state index contributed by atoms with van der Waals surface area (Å²) in [5, 5.41) is 3.63. The number of nitrogens with zero attached hydrogens (tertiary/aromatic N) is 1. The molecule has 3 heterocycles. The number of fused-ring (bicyclic) bond motifs is 3. The zero-order chi connectivity index (χ0) is 11.9. The minimum Gasteiger partial charge on any atom is -0.365 e. The van der Waals surface area contributed by atoms with E-state index in [9.17, 15) is 0 Å². The lowest BCUT2D eigenvalue weighted by atomic mass is 9.91. The minimum absolute atomic E-state index is 0.711. The van der Waals surface area contributed by atoms with Crippen molar-refractivity contribution in [3.63, 3.8) is 0 Å². The first-order chi connectivity index (χ1) is 8.95. The number of anilines is 1. The van der Waals surface area contributed by atoms with E-state index in [-0.39, 0.29) is 0 Å². The Morgan fingerprint density at radius 2 is 2.28 bits per heavy atom. The number of nitrogens with one attached hydrogen (secondary N) is 1. The topological polar surface area (TPSA) is 15.3 Å². The molecular weight excluding hydrogens is 240 g/mol. The molecule has 4 rings (SSSR count). The summed E-state index contributed by atoms with van der Waals surface area (Å²) in [6.07, 6.45) is 4.00. The molecule has 96 valence electrons. The average Bonchev–Trinajstić information content (AvgIpc) is 2.61. The van der Waals surface area contributed by atoms with Crippen molar-refractivity contribution in [1.82, 2.24) is 5.32 Å². The molecule has 1 aromatic carbocycles. The van der Waals surface area contributed by atoms with Gasteiger partial charge in [0.1, 0.15) is 0 Å². The van der Waals surface area contributed by atoms with Gasteiger partial charge in [0.05, 0.1) is 5.69 Å². The molecule has 3 aliphatic heterocycles. The standard InChI is InChI=1S/C15H20N2S/c1-4-12-11-5-2-7-16-10-13(11)17-8-3-9-18-14(6-1)15(12)17/h1,4,6,11,13,16H,2-3,5,7-10H2. The highest BCUT2D eigenvalue weighted by atomic mass is 32.2. The zero-order valence-electron chi connectivity index (χ0n) is 10.7. The van der Waals surface area contributed by atoms with E-state index in [0.29, 0.717) is 6.04 Å². The summed E-state index contributed by atoms with van der Waals surface area (Å²) < 4.78 is 0. The second-order valence-electron chi connectivity index (χ2n) is 5.61. The predicted octanol–water partition coefficient (Wildman–Crippen LogP) is 2.84. The first-order valence-corrected chi connectivity index (χ1v) is 8.17. The molecule has 3 aliphatic rings. The van der Waals surface area contributed by atoms with E-state index in [1.165, 1.54) is 49.5 Å². The Morgan fingerprint density at radius 3 is 3.28 bits per heavy atom. The van der Waals surface area contributed by atoms with Gasteiger partial charge in [-0.25, -0.2) is 0 Å². The molecular formula is C15H20N2S. The average molecular weight is 260 g/mol. The van der Waals surface area contributed by atoms with Crippen molar-refractivity contribution in [3.8, 4) is 0 Å². The molecule has 2 nitrogen and oxygen atoms in total. The van der Waals surface area contributed by atoms with Crippen molar-refractivity contribution < 1.29 is 0 Å². The number of hydrogen-bond acceptors (Lipinski definition) is 3. The van der Waals surface area contributed by atoms with E-state index in [1.54, 1.807) is 11.3 Å². The fourth-order valence-electron chi connectivity index (χ4n) is 3.84. The van der Waals surface area contributed by atoms with Crippen LogP contribution in [0, 0.1) is 0 Å². The maximum absolute atomic E-state index is 3.63. The number of hydrogen-bond donors (Lipinski definition) is 1. The van der Waals surface area contributed by atoms with Gasteiger partial charge in [-0.15, -0.1) is 11.8 Å². The van der Waals surface area contributed by atoms with Crippen molar-refractivity contribution in [2.24, 2.45) is 0 Å². The molecule has 1 N–H and O–H groups in total. The third kappa shape index (κ3) is 1.60. The molecule has 2 atom stereocenters. The van der Waals surface area contributed by atoms with Gasteiger partial charge in [0.15, 0.2) is 0 Å². The summed E-state index contributed by atoms with van der Waals surface area (Å²) in [6.45, 7) is 3.62. The Balaban J connectivity index is 1.84. The normalized spacial score (nSPS) is 30.3. The first-order valence-electron chi connectivity index (χ1n) is 7.18. The fraction of sp³-hybridized carbons (Fsp3) is 0.600. The van der Waals surface area contributed by atoms with Gasteiger partial charge >= 0.3 is 0 Å². The lowest BCUT2D eigenvalue weighted by Crippen LogP contribution is -2.41. The third-order valence-electron chi connectivity index (χ3n) is 4.60.